The highest BCUT2D eigenvalue weighted by Crippen LogP contribution is 2.35. The van der Waals surface area contributed by atoms with Crippen molar-refractivity contribution in [3.63, 3.8) is 0 Å². The molecule has 0 aromatic heterocycles. The molecule has 0 bridgehead atoms. The molecule has 1 unspecified atom stereocenters. The number of hydrogen-bond acceptors (Lipinski definition) is 2. The fourth-order valence-electron chi connectivity index (χ4n) is 2.07. The molecule has 0 saturated carbocycles. The summed E-state index contributed by atoms with van der Waals surface area (Å²) in [6.45, 7) is 4.83. The highest BCUT2D eigenvalue weighted by atomic mass is 16.5. The number of fused-ring (bicyclic) bond motifs is 1. The van der Waals surface area contributed by atoms with Gasteiger partial charge in [0.2, 0.25) is 5.91 Å². The van der Waals surface area contributed by atoms with Crippen molar-refractivity contribution in [2.45, 2.75) is 32.1 Å². The minimum atomic E-state index is -0.259. The van der Waals surface area contributed by atoms with Crippen molar-refractivity contribution < 1.29 is 9.53 Å². The van der Waals surface area contributed by atoms with Gasteiger partial charge in [0.25, 0.3) is 0 Å². The first-order valence-corrected chi connectivity index (χ1v) is 5.65. The smallest absolute Gasteiger partial charge is 0.225 e. The Kier molecular flexibility index (Phi) is 2.86. The SMILES string of the molecule is CC(C)c1ccc2c(c1)C(C(N)=O)CCO2. The third-order valence-corrected chi connectivity index (χ3v) is 3.08. The largest absolute Gasteiger partial charge is 0.493 e. The second kappa shape index (κ2) is 4.16. The standard InChI is InChI=1S/C13H17NO2/c1-8(2)9-3-4-12-11(7-9)10(13(14)15)5-6-16-12/h3-4,7-8,10H,5-6H2,1-2H3,(H2,14,15). The number of nitrogens with two attached hydrogens (primary N) is 1. The van der Waals surface area contributed by atoms with Gasteiger partial charge in [0.1, 0.15) is 5.75 Å². The van der Waals surface area contributed by atoms with Crippen molar-refractivity contribution in [3.05, 3.63) is 29.3 Å². The van der Waals surface area contributed by atoms with Gasteiger partial charge in [0.05, 0.1) is 12.5 Å². The van der Waals surface area contributed by atoms with Crippen LogP contribution in [0.2, 0.25) is 0 Å². The average molecular weight is 219 g/mol. The molecule has 0 aliphatic carbocycles. The molecule has 1 amide bonds. The second-order valence-corrected chi connectivity index (χ2v) is 4.54. The van der Waals surface area contributed by atoms with Crippen LogP contribution in [0.3, 0.4) is 0 Å². The maximum Gasteiger partial charge on any atom is 0.225 e. The van der Waals surface area contributed by atoms with Gasteiger partial charge in [-0.15, -0.1) is 0 Å². The summed E-state index contributed by atoms with van der Waals surface area (Å²) in [5.74, 6) is 0.799. The van der Waals surface area contributed by atoms with E-state index < -0.39 is 0 Å². The van der Waals surface area contributed by atoms with Gasteiger partial charge < -0.3 is 10.5 Å². The summed E-state index contributed by atoms with van der Waals surface area (Å²) >= 11 is 0. The van der Waals surface area contributed by atoms with Crippen LogP contribution in [0.15, 0.2) is 18.2 Å². The number of primary amides is 1. The molecule has 2 N–H and O–H groups in total. The molecular weight excluding hydrogens is 202 g/mol. The molecule has 1 aliphatic heterocycles. The molecular formula is C13H17NO2. The van der Waals surface area contributed by atoms with Gasteiger partial charge in [-0.2, -0.15) is 0 Å². The van der Waals surface area contributed by atoms with Gasteiger partial charge in [0.15, 0.2) is 0 Å². The number of rotatable bonds is 2. The van der Waals surface area contributed by atoms with Crippen LogP contribution in [0.5, 0.6) is 5.75 Å². The number of ether oxygens (including phenoxy) is 1. The summed E-state index contributed by atoms with van der Waals surface area (Å²) < 4.78 is 5.53. The maximum atomic E-state index is 11.4. The molecule has 16 heavy (non-hydrogen) atoms. The van der Waals surface area contributed by atoms with Crippen LogP contribution in [-0.2, 0) is 4.79 Å². The van der Waals surface area contributed by atoms with E-state index in [-0.39, 0.29) is 11.8 Å². The molecule has 0 fully saturated rings. The first kappa shape index (κ1) is 11.0. The zero-order chi connectivity index (χ0) is 11.7. The van der Waals surface area contributed by atoms with Crippen LogP contribution in [0.4, 0.5) is 0 Å². The van der Waals surface area contributed by atoms with Crippen LogP contribution in [0, 0.1) is 0 Å². The zero-order valence-corrected chi connectivity index (χ0v) is 9.69. The molecule has 1 aromatic rings. The Morgan fingerprint density at radius 2 is 2.25 bits per heavy atom. The molecule has 1 heterocycles. The van der Waals surface area contributed by atoms with Crippen molar-refractivity contribution in [2.75, 3.05) is 6.61 Å². The number of carbonyl (C=O) groups excluding carboxylic acids is 1. The summed E-state index contributed by atoms with van der Waals surface area (Å²) in [5, 5.41) is 0. The van der Waals surface area contributed by atoms with Gasteiger partial charge in [-0.1, -0.05) is 26.0 Å². The van der Waals surface area contributed by atoms with Gasteiger partial charge in [-0.3, -0.25) is 4.79 Å². The topological polar surface area (TPSA) is 52.3 Å². The van der Waals surface area contributed by atoms with Gasteiger partial charge in [-0.25, -0.2) is 0 Å². The van der Waals surface area contributed by atoms with E-state index in [1.807, 2.05) is 12.1 Å². The molecule has 0 spiro atoms. The third-order valence-electron chi connectivity index (χ3n) is 3.08. The molecule has 2 rings (SSSR count). The molecule has 1 aromatic carbocycles. The van der Waals surface area contributed by atoms with E-state index in [4.69, 9.17) is 10.5 Å². The Balaban J connectivity index is 2.44. The van der Waals surface area contributed by atoms with Crippen LogP contribution >= 0.6 is 0 Å². The predicted molar refractivity (Wildman–Crippen MR) is 62.6 cm³/mol. The van der Waals surface area contributed by atoms with E-state index in [1.165, 1.54) is 5.56 Å². The van der Waals surface area contributed by atoms with Crippen LogP contribution in [0.25, 0.3) is 0 Å². The number of benzene rings is 1. The maximum absolute atomic E-state index is 11.4. The lowest BCUT2D eigenvalue weighted by Crippen LogP contribution is -2.27. The molecule has 3 heteroatoms. The normalized spacial score (nSPS) is 19.1. The van der Waals surface area contributed by atoms with Crippen molar-refractivity contribution in [3.8, 4) is 5.75 Å². The average Bonchev–Trinajstić information content (AvgIpc) is 2.27. The van der Waals surface area contributed by atoms with Crippen LogP contribution in [-0.4, -0.2) is 12.5 Å². The molecule has 1 aliphatic rings. The Labute approximate surface area is 95.6 Å². The van der Waals surface area contributed by atoms with Crippen molar-refractivity contribution in [2.24, 2.45) is 5.73 Å². The zero-order valence-electron chi connectivity index (χ0n) is 9.69. The summed E-state index contributed by atoms with van der Waals surface area (Å²) in [5.41, 5.74) is 7.58. The second-order valence-electron chi connectivity index (χ2n) is 4.54. The highest BCUT2D eigenvalue weighted by Gasteiger charge is 2.26. The van der Waals surface area contributed by atoms with Crippen molar-refractivity contribution in [1.29, 1.82) is 0 Å². The third kappa shape index (κ3) is 1.90. The monoisotopic (exact) mass is 219 g/mol. The summed E-state index contributed by atoms with van der Waals surface area (Å²) in [6, 6.07) is 6.04. The number of hydrogen-bond donors (Lipinski definition) is 1. The summed E-state index contributed by atoms with van der Waals surface area (Å²) in [7, 11) is 0. The molecule has 0 radical (unpaired) electrons. The van der Waals surface area contributed by atoms with Crippen LogP contribution < -0.4 is 10.5 Å². The highest BCUT2D eigenvalue weighted by molar-refractivity contribution is 5.83. The molecule has 86 valence electrons. The van der Waals surface area contributed by atoms with Gasteiger partial charge in [0, 0.05) is 5.56 Å². The first-order chi connectivity index (χ1) is 7.59. The molecule has 3 nitrogen and oxygen atoms in total. The summed E-state index contributed by atoms with van der Waals surface area (Å²) in [6.07, 6.45) is 0.684. The van der Waals surface area contributed by atoms with Gasteiger partial charge in [-0.05, 0) is 24.0 Å². The Bertz CT molecular complexity index is 412. The Morgan fingerprint density at radius 3 is 2.88 bits per heavy atom. The van der Waals surface area contributed by atoms with Crippen LogP contribution in [0.1, 0.15) is 43.2 Å². The predicted octanol–water partition coefficient (Wildman–Crippen LogP) is 2.16. The van der Waals surface area contributed by atoms with E-state index in [9.17, 15) is 4.79 Å². The van der Waals surface area contributed by atoms with E-state index in [2.05, 4.69) is 19.9 Å². The lowest BCUT2D eigenvalue weighted by molar-refractivity contribution is -0.120. The lowest BCUT2D eigenvalue weighted by atomic mass is 9.89. The minimum Gasteiger partial charge on any atom is -0.493 e. The fraction of sp³-hybridized carbons (Fsp3) is 0.462. The lowest BCUT2D eigenvalue weighted by Gasteiger charge is -2.24. The Morgan fingerprint density at radius 1 is 1.50 bits per heavy atom. The molecule has 1 atom stereocenters. The quantitative estimate of drug-likeness (QED) is 0.828. The van der Waals surface area contributed by atoms with Gasteiger partial charge >= 0.3 is 0 Å². The fourth-order valence-corrected chi connectivity index (χ4v) is 2.07. The van der Waals surface area contributed by atoms with E-state index in [1.54, 1.807) is 0 Å². The minimum absolute atomic E-state index is 0.192. The molecule has 0 saturated heterocycles. The Hall–Kier alpha value is -1.51. The van der Waals surface area contributed by atoms with Crippen molar-refractivity contribution in [1.82, 2.24) is 0 Å². The number of amides is 1. The van der Waals surface area contributed by atoms with Crippen molar-refractivity contribution >= 4 is 5.91 Å². The summed E-state index contributed by atoms with van der Waals surface area (Å²) in [4.78, 5) is 11.4. The van der Waals surface area contributed by atoms with E-state index in [0.717, 1.165) is 11.3 Å². The first-order valence-electron chi connectivity index (χ1n) is 5.65. The van der Waals surface area contributed by atoms with E-state index >= 15 is 0 Å². The van der Waals surface area contributed by atoms with E-state index in [0.29, 0.717) is 18.9 Å². The number of carbonyl (C=O) groups is 1.